The van der Waals surface area contributed by atoms with Crippen LogP contribution in [-0.2, 0) is 47.5 Å². The quantitative estimate of drug-likeness (QED) is 0.233. The van der Waals surface area contributed by atoms with E-state index in [1.807, 2.05) is 20.8 Å². The zero-order chi connectivity index (χ0) is 40.7. The number of nitrogens with zero attached hydrogens (tertiary/aromatic N) is 2. The Bertz CT molecular complexity index is 1590. The third-order valence-electron chi connectivity index (χ3n) is 14.1. The molecule has 1 aromatic heterocycles. The number of aryl methyl sites for hydroxylation is 1. The number of allylic oxidation sites excluding steroid dienone is 2. The van der Waals surface area contributed by atoms with Gasteiger partial charge < -0.3 is 42.8 Å². The predicted molar refractivity (Wildman–Crippen MR) is 215 cm³/mol. The van der Waals surface area contributed by atoms with Crippen molar-refractivity contribution >= 4 is 23.1 Å². The Labute approximate surface area is 344 Å². The van der Waals surface area contributed by atoms with E-state index in [4.69, 9.17) is 42.9 Å². The molecule has 3 aliphatic heterocycles. The largest absolute Gasteiger partial charge is 0.462 e. The van der Waals surface area contributed by atoms with Crippen LogP contribution in [0.1, 0.15) is 120 Å². The molecule has 0 spiro atoms. The third kappa shape index (κ3) is 8.71. The monoisotopic (exact) mass is 816 g/mol. The Morgan fingerprint density at radius 2 is 1.68 bits per heavy atom. The van der Waals surface area contributed by atoms with Crippen LogP contribution in [0.2, 0.25) is 0 Å². The Kier molecular flexibility index (Phi) is 14.0. The standard InChI is InChI=1S/C44H68N2O10S/c1-11-26-14-13-15-34(56-36-17-16-33(46(7)8)23(4)52-36)22(3)39(48)31-20-29-28-18-27(55-44-42(50-10)41(51-12-2)40(49-9)24(5)53-44)19-32(28)43-38(45-25(6)57-43)37(29)30(31)21-35(47)54-26/h20,22-24,26-30,32-34,36-37,40-42,44H,11-19,21H2,1-10H3/t22-,23?,24?,26+,27+,28+,29+,30-,32-,33+,34+,36+,37-,40+,41?,42+,44+/m1/s1. The van der Waals surface area contributed by atoms with Crippen molar-refractivity contribution in [3.05, 3.63) is 27.2 Å². The summed E-state index contributed by atoms with van der Waals surface area (Å²) in [5.41, 5.74) is 1.77. The number of carbonyl (C=O) groups is 2. The maximum absolute atomic E-state index is 15.0. The molecule has 0 bridgehead atoms. The molecule has 0 aromatic carbocycles. The lowest BCUT2D eigenvalue weighted by molar-refractivity contribution is -0.316. The number of thiazole rings is 1. The van der Waals surface area contributed by atoms with Gasteiger partial charge in [-0.1, -0.05) is 19.9 Å². The van der Waals surface area contributed by atoms with Crippen molar-refractivity contribution in [2.75, 3.05) is 34.9 Å². The lowest BCUT2D eigenvalue weighted by Gasteiger charge is -2.44. The van der Waals surface area contributed by atoms with Crippen molar-refractivity contribution in [2.24, 2.45) is 23.7 Å². The second kappa shape index (κ2) is 18.4. The third-order valence-corrected chi connectivity index (χ3v) is 15.2. The van der Waals surface area contributed by atoms with Crippen LogP contribution in [0.15, 0.2) is 11.6 Å². The van der Waals surface area contributed by atoms with Crippen molar-refractivity contribution in [3.63, 3.8) is 0 Å². The lowest BCUT2D eigenvalue weighted by atomic mass is 9.67. The minimum Gasteiger partial charge on any atom is -0.462 e. The van der Waals surface area contributed by atoms with Crippen molar-refractivity contribution in [1.29, 1.82) is 0 Å². The van der Waals surface area contributed by atoms with Crippen LogP contribution < -0.4 is 0 Å². The molecule has 320 valence electrons. The van der Waals surface area contributed by atoms with Crippen LogP contribution in [0.3, 0.4) is 0 Å². The molecule has 6 aliphatic rings. The molecule has 3 aliphatic carbocycles. The van der Waals surface area contributed by atoms with E-state index in [9.17, 15) is 9.59 Å². The summed E-state index contributed by atoms with van der Waals surface area (Å²) in [7, 11) is 7.52. The predicted octanol–water partition coefficient (Wildman–Crippen LogP) is 6.72. The molecule has 0 amide bonds. The molecule has 12 nitrogen and oxygen atoms in total. The van der Waals surface area contributed by atoms with Gasteiger partial charge in [-0.3, -0.25) is 9.59 Å². The number of aromatic nitrogens is 1. The zero-order valence-electron chi connectivity index (χ0n) is 35.8. The number of carbonyl (C=O) groups excluding carboxylic acids is 2. The number of hydrogen-bond acceptors (Lipinski definition) is 13. The van der Waals surface area contributed by atoms with Gasteiger partial charge in [0.05, 0.1) is 41.5 Å². The summed E-state index contributed by atoms with van der Waals surface area (Å²) in [5, 5.41) is 0.999. The van der Waals surface area contributed by atoms with Crippen LogP contribution in [0.5, 0.6) is 0 Å². The highest BCUT2D eigenvalue weighted by atomic mass is 32.1. The van der Waals surface area contributed by atoms with Gasteiger partial charge in [0.15, 0.2) is 18.4 Å². The van der Waals surface area contributed by atoms with Crippen molar-refractivity contribution in [3.8, 4) is 0 Å². The highest BCUT2D eigenvalue weighted by molar-refractivity contribution is 7.11. The zero-order valence-corrected chi connectivity index (χ0v) is 36.7. The van der Waals surface area contributed by atoms with Gasteiger partial charge in [-0.15, -0.1) is 11.3 Å². The van der Waals surface area contributed by atoms with Crippen LogP contribution >= 0.6 is 11.3 Å². The first kappa shape index (κ1) is 43.3. The molecule has 7 rings (SSSR count). The first-order valence-electron chi connectivity index (χ1n) is 21.7. The number of methoxy groups -OCH3 is 2. The summed E-state index contributed by atoms with van der Waals surface area (Å²) in [5.74, 6) is -0.565. The summed E-state index contributed by atoms with van der Waals surface area (Å²) < 4.78 is 50.7. The van der Waals surface area contributed by atoms with E-state index in [1.165, 1.54) is 4.88 Å². The van der Waals surface area contributed by atoms with Gasteiger partial charge in [-0.2, -0.15) is 0 Å². The number of Topliss-reactive ketones (excluding diaryl/α,β-unsaturated/α-hetero) is 1. The minimum absolute atomic E-state index is 0.0229. The molecule has 13 heteroatoms. The Balaban J connectivity index is 1.17. The Hall–Kier alpha value is -1.81. The lowest BCUT2D eigenvalue weighted by Crippen LogP contribution is -2.60. The molecule has 3 unspecified atom stereocenters. The summed E-state index contributed by atoms with van der Waals surface area (Å²) >= 11 is 1.75. The topological polar surface area (TPSA) is 124 Å². The molecule has 4 heterocycles. The fourth-order valence-corrected chi connectivity index (χ4v) is 12.5. The number of rotatable bonds is 10. The highest BCUT2D eigenvalue weighted by Crippen LogP contribution is 2.62. The van der Waals surface area contributed by atoms with Gasteiger partial charge in [0, 0.05) is 55.4 Å². The van der Waals surface area contributed by atoms with E-state index in [1.54, 1.807) is 25.6 Å². The van der Waals surface area contributed by atoms with Crippen LogP contribution in [0.4, 0.5) is 0 Å². The number of hydrogen-bond donors (Lipinski definition) is 0. The minimum atomic E-state index is -0.626. The van der Waals surface area contributed by atoms with E-state index >= 15 is 0 Å². The molecule has 0 radical (unpaired) electrons. The fourth-order valence-electron chi connectivity index (χ4n) is 11.3. The second-order valence-corrected chi connectivity index (χ2v) is 18.9. The maximum atomic E-state index is 15.0. The first-order valence-corrected chi connectivity index (χ1v) is 22.6. The average Bonchev–Trinajstić information content (AvgIpc) is 3.88. The van der Waals surface area contributed by atoms with E-state index in [0.29, 0.717) is 19.1 Å². The SMILES string of the molecule is CCOC1[C@@H](OC)C(C)O[C@@H](O[C@H]2C[C@H]3[C@@H]4C=C5C(=O)[C@H](C)[C@@H](O[C@H]6CC[C@H](N(C)C)C(C)O6)CCC[C@H](CC)OC(=O)C[C@H]5[C@@H]4c4nc(C)sc4[C@@H]3C2)[C@H]1OC. The number of ether oxygens (including phenoxy) is 8. The summed E-state index contributed by atoms with van der Waals surface area (Å²) in [6.45, 7) is 12.7. The summed E-state index contributed by atoms with van der Waals surface area (Å²) in [6.07, 6.45) is 5.78. The Morgan fingerprint density at radius 3 is 2.37 bits per heavy atom. The fraction of sp³-hybridized carbons (Fsp3) is 0.841. The molecule has 0 N–H and O–H groups in total. The molecular weight excluding hydrogens is 749 g/mol. The van der Waals surface area contributed by atoms with Crippen LogP contribution in [-0.4, -0.2) is 124 Å². The van der Waals surface area contributed by atoms with Gasteiger partial charge in [0.1, 0.15) is 24.4 Å². The summed E-state index contributed by atoms with van der Waals surface area (Å²) in [4.78, 5) is 37.5. The number of esters is 1. The smallest absolute Gasteiger partial charge is 0.306 e. The molecule has 1 aromatic rings. The van der Waals surface area contributed by atoms with E-state index in [2.05, 4.69) is 45.8 Å². The molecule has 4 fully saturated rings. The summed E-state index contributed by atoms with van der Waals surface area (Å²) in [6, 6.07) is 0.326. The first-order chi connectivity index (χ1) is 27.4. The second-order valence-electron chi connectivity index (χ2n) is 17.7. The molecular formula is C44H68N2O10S. The van der Waals surface area contributed by atoms with Crippen LogP contribution in [0.25, 0.3) is 0 Å². The number of cyclic esters (lactones) is 1. The van der Waals surface area contributed by atoms with Gasteiger partial charge in [-0.25, -0.2) is 4.98 Å². The van der Waals surface area contributed by atoms with Crippen molar-refractivity contribution in [1.82, 2.24) is 9.88 Å². The molecule has 17 atom stereocenters. The van der Waals surface area contributed by atoms with E-state index in [0.717, 1.165) is 61.2 Å². The van der Waals surface area contributed by atoms with Crippen LogP contribution in [0, 0.1) is 30.6 Å². The maximum Gasteiger partial charge on any atom is 0.306 e. The molecule has 57 heavy (non-hydrogen) atoms. The number of ketones is 1. The molecule has 1 saturated carbocycles. The van der Waals surface area contributed by atoms with E-state index < -0.39 is 18.3 Å². The van der Waals surface area contributed by atoms with Gasteiger partial charge >= 0.3 is 5.97 Å². The Morgan fingerprint density at radius 1 is 0.912 bits per heavy atom. The van der Waals surface area contributed by atoms with Crippen molar-refractivity contribution in [2.45, 2.75) is 179 Å². The van der Waals surface area contributed by atoms with Gasteiger partial charge in [-0.05, 0) is 111 Å². The number of likely N-dealkylation sites (N-methyl/N-ethyl adjacent to an activating group) is 1. The van der Waals surface area contributed by atoms with E-state index in [-0.39, 0.29) is 96.8 Å². The number of fused-ring (bicyclic) bond motifs is 8. The normalized spacial score (nSPS) is 42.6. The molecule has 3 saturated heterocycles. The van der Waals surface area contributed by atoms with Gasteiger partial charge in [0.2, 0.25) is 0 Å². The average molecular weight is 817 g/mol. The van der Waals surface area contributed by atoms with Gasteiger partial charge in [0.25, 0.3) is 0 Å². The van der Waals surface area contributed by atoms with Crippen molar-refractivity contribution < 1.29 is 47.5 Å². The highest BCUT2D eigenvalue weighted by Gasteiger charge is 2.57.